The molecule has 0 saturated heterocycles. The lowest BCUT2D eigenvalue weighted by Gasteiger charge is -2.18. The van der Waals surface area contributed by atoms with E-state index >= 15 is 0 Å². The van der Waals surface area contributed by atoms with E-state index in [1.165, 1.54) is 18.3 Å². The molecule has 0 atom stereocenters. The van der Waals surface area contributed by atoms with Crippen LogP contribution in [0.1, 0.15) is 22.7 Å². The predicted octanol–water partition coefficient (Wildman–Crippen LogP) is 3.67. The maximum atomic E-state index is 13.7. The molecule has 120 valence electrons. The predicted molar refractivity (Wildman–Crippen MR) is 90.8 cm³/mol. The van der Waals surface area contributed by atoms with Crippen molar-refractivity contribution in [2.45, 2.75) is 12.5 Å². The minimum Gasteiger partial charge on any atom is -0.350 e. The van der Waals surface area contributed by atoms with Gasteiger partial charge in [0.25, 0.3) is 0 Å². The van der Waals surface area contributed by atoms with Crippen LogP contribution in [-0.2, 0) is 11.3 Å². The largest absolute Gasteiger partial charge is 0.350 e. The van der Waals surface area contributed by atoms with E-state index in [-0.39, 0.29) is 18.1 Å². The number of nitrogens with zero attached hydrogens (tertiary/aromatic N) is 1. The van der Waals surface area contributed by atoms with Crippen LogP contribution in [0.15, 0.2) is 79.0 Å². The van der Waals surface area contributed by atoms with Crippen LogP contribution in [0.25, 0.3) is 0 Å². The van der Waals surface area contributed by atoms with E-state index in [0.29, 0.717) is 0 Å². The van der Waals surface area contributed by atoms with Gasteiger partial charge in [0.05, 0.1) is 18.2 Å². The molecular weight excluding hydrogens is 303 g/mol. The Kier molecular flexibility index (Phi) is 4.96. The van der Waals surface area contributed by atoms with Gasteiger partial charge in [0, 0.05) is 6.20 Å². The summed E-state index contributed by atoms with van der Waals surface area (Å²) in [5, 5.41) is 2.80. The second-order valence-corrected chi connectivity index (χ2v) is 5.40. The lowest BCUT2D eigenvalue weighted by atomic mass is 9.90. The molecule has 2 aromatic carbocycles. The monoisotopic (exact) mass is 320 g/mol. The van der Waals surface area contributed by atoms with Crippen LogP contribution in [0.4, 0.5) is 4.39 Å². The van der Waals surface area contributed by atoms with Gasteiger partial charge in [-0.1, -0.05) is 60.7 Å². The zero-order valence-electron chi connectivity index (χ0n) is 13.0. The molecule has 0 spiro atoms. The highest BCUT2D eigenvalue weighted by molar-refractivity contribution is 5.87. The number of hydrogen-bond acceptors (Lipinski definition) is 2. The number of aromatic nitrogens is 1. The molecule has 3 aromatic rings. The SMILES string of the molecule is O=C(NCc1ncccc1F)C(c1ccccc1)c1ccccc1. The molecule has 1 aromatic heterocycles. The molecule has 0 aliphatic carbocycles. The Morgan fingerprint density at radius 3 is 2.04 bits per heavy atom. The number of pyridine rings is 1. The Morgan fingerprint density at radius 1 is 0.917 bits per heavy atom. The summed E-state index contributed by atoms with van der Waals surface area (Å²) in [4.78, 5) is 16.7. The first kappa shape index (κ1) is 15.9. The molecule has 3 nitrogen and oxygen atoms in total. The summed E-state index contributed by atoms with van der Waals surface area (Å²) < 4.78 is 13.7. The number of carbonyl (C=O) groups excluding carboxylic acids is 1. The number of amides is 1. The first-order chi connectivity index (χ1) is 11.8. The van der Waals surface area contributed by atoms with Gasteiger partial charge in [-0.15, -0.1) is 0 Å². The number of carbonyl (C=O) groups is 1. The molecule has 1 N–H and O–H groups in total. The fourth-order valence-corrected chi connectivity index (χ4v) is 2.61. The summed E-state index contributed by atoms with van der Waals surface area (Å²) in [5.41, 5.74) is 2.01. The number of benzene rings is 2. The molecule has 0 bridgehead atoms. The lowest BCUT2D eigenvalue weighted by molar-refractivity contribution is -0.121. The molecule has 0 aliphatic heterocycles. The maximum absolute atomic E-state index is 13.7. The van der Waals surface area contributed by atoms with Crippen molar-refractivity contribution in [2.24, 2.45) is 0 Å². The molecule has 0 radical (unpaired) electrons. The molecule has 0 unspecified atom stereocenters. The van der Waals surface area contributed by atoms with Gasteiger partial charge in [0.1, 0.15) is 5.82 Å². The summed E-state index contributed by atoms with van der Waals surface area (Å²) in [7, 11) is 0. The van der Waals surface area contributed by atoms with E-state index in [9.17, 15) is 9.18 Å². The van der Waals surface area contributed by atoms with Crippen LogP contribution in [0.5, 0.6) is 0 Å². The Hall–Kier alpha value is -3.01. The topological polar surface area (TPSA) is 42.0 Å². The van der Waals surface area contributed by atoms with Crippen molar-refractivity contribution in [1.82, 2.24) is 10.3 Å². The number of nitrogens with one attached hydrogen (secondary N) is 1. The van der Waals surface area contributed by atoms with Crippen LogP contribution in [-0.4, -0.2) is 10.9 Å². The summed E-state index contributed by atoms with van der Waals surface area (Å²) >= 11 is 0. The highest BCUT2D eigenvalue weighted by atomic mass is 19.1. The van der Waals surface area contributed by atoms with Crippen molar-refractivity contribution < 1.29 is 9.18 Å². The van der Waals surface area contributed by atoms with Gasteiger partial charge >= 0.3 is 0 Å². The van der Waals surface area contributed by atoms with Gasteiger partial charge in [0.15, 0.2) is 0 Å². The van der Waals surface area contributed by atoms with Crippen molar-refractivity contribution in [1.29, 1.82) is 0 Å². The molecule has 0 aliphatic rings. The second-order valence-electron chi connectivity index (χ2n) is 5.40. The molecule has 0 saturated carbocycles. The molecule has 1 amide bonds. The van der Waals surface area contributed by atoms with Gasteiger partial charge in [-0.2, -0.15) is 0 Å². The highest BCUT2D eigenvalue weighted by Gasteiger charge is 2.22. The lowest BCUT2D eigenvalue weighted by Crippen LogP contribution is -2.30. The van der Waals surface area contributed by atoms with Gasteiger partial charge in [-0.25, -0.2) is 4.39 Å². The molecule has 24 heavy (non-hydrogen) atoms. The van der Waals surface area contributed by atoms with Crippen molar-refractivity contribution in [3.63, 3.8) is 0 Å². The third-order valence-corrected chi connectivity index (χ3v) is 3.79. The van der Waals surface area contributed by atoms with Gasteiger partial charge < -0.3 is 5.32 Å². The molecule has 0 fully saturated rings. The van der Waals surface area contributed by atoms with Crippen molar-refractivity contribution >= 4 is 5.91 Å². The first-order valence-electron chi connectivity index (χ1n) is 7.72. The molecule has 1 heterocycles. The standard InChI is InChI=1S/C20H17FN2O/c21-17-12-7-13-22-18(17)14-23-20(24)19(15-8-3-1-4-9-15)16-10-5-2-6-11-16/h1-13,19H,14H2,(H,23,24). The summed E-state index contributed by atoms with van der Waals surface area (Å²) in [6.07, 6.45) is 1.51. The fraction of sp³-hybridized carbons (Fsp3) is 0.100. The van der Waals surface area contributed by atoms with E-state index in [1.54, 1.807) is 0 Å². The van der Waals surface area contributed by atoms with E-state index in [0.717, 1.165) is 11.1 Å². The number of rotatable bonds is 5. The van der Waals surface area contributed by atoms with Gasteiger partial charge in [-0.3, -0.25) is 9.78 Å². The zero-order chi connectivity index (χ0) is 16.8. The minimum atomic E-state index is -0.445. The highest BCUT2D eigenvalue weighted by Crippen LogP contribution is 2.24. The Bertz CT molecular complexity index is 767. The first-order valence-corrected chi connectivity index (χ1v) is 7.72. The van der Waals surface area contributed by atoms with E-state index in [2.05, 4.69) is 10.3 Å². The van der Waals surface area contributed by atoms with Crippen molar-refractivity contribution in [3.8, 4) is 0 Å². The van der Waals surface area contributed by atoms with Gasteiger partial charge in [0.2, 0.25) is 5.91 Å². The van der Waals surface area contributed by atoms with Crippen LogP contribution >= 0.6 is 0 Å². The molecule has 3 rings (SSSR count). The number of hydrogen-bond donors (Lipinski definition) is 1. The Labute approximate surface area is 140 Å². The van der Waals surface area contributed by atoms with Crippen LogP contribution in [0, 0.1) is 5.82 Å². The normalized spacial score (nSPS) is 10.6. The quantitative estimate of drug-likeness (QED) is 0.779. The molecular formula is C20H17FN2O. The Balaban J connectivity index is 1.83. The summed E-state index contributed by atoms with van der Waals surface area (Å²) in [5.74, 6) is -1.05. The van der Waals surface area contributed by atoms with E-state index in [1.807, 2.05) is 60.7 Å². The number of halogens is 1. The zero-order valence-corrected chi connectivity index (χ0v) is 13.0. The summed E-state index contributed by atoms with van der Waals surface area (Å²) in [6, 6.07) is 21.9. The second kappa shape index (κ2) is 7.51. The van der Waals surface area contributed by atoms with E-state index in [4.69, 9.17) is 0 Å². The van der Waals surface area contributed by atoms with Crippen molar-refractivity contribution in [3.05, 3.63) is 102 Å². The minimum absolute atomic E-state index is 0.0572. The van der Waals surface area contributed by atoms with Crippen LogP contribution < -0.4 is 5.32 Å². The maximum Gasteiger partial charge on any atom is 0.232 e. The van der Waals surface area contributed by atoms with Crippen LogP contribution in [0.3, 0.4) is 0 Å². The van der Waals surface area contributed by atoms with Crippen LogP contribution in [0.2, 0.25) is 0 Å². The molecule has 4 heteroatoms. The smallest absolute Gasteiger partial charge is 0.232 e. The van der Waals surface area contributed by atoms with Gasteiger partial charge in [-0.05, 0) is 23.3 Å². The third-order valence-electron chi connectivity index (χ3n) is 3.79. The average Bonchev–Trinajstić information content (AvgIpc) is 2.63. The van der Waals surface area contributed by atoms with Crippen molar-refractivity contribution in [2.75, 3.05) is 0 Å². The summed E-state index contributed by atoms with van der Waals surface area (Å²) in [6.45, 7) is 0.0572. The fourth-order valence-electron chi connectivity index (χ4n) is 2.61. The van der Waals surface area contributed by atoms with E-state index < -0.39 is 11.7 Å². The average molecular weight is 320 g/mol. The Morgan fingerprint density at radius 2 is 1.50 bits per heavy atom. The third kappa shape index (κ3) is 3.66.